The lowest BCUT2D eigenvalue weighted by molar-refractivity contribution is -0.190. The molecule has 2 aliphatic rings. The fourth-order valence-electron chi connectivity index (χ4n) is 1.78. The molecule has 0 bridgehead atoms. The summed E-state index contributed by atoms with van der Waals surface area (Å²) >= 11 is 0. The average Bonchev–Trinajstić information content (AvgIpc) is 1.72. The Balaban J connectivity index is 1.72. The number of rotatable bonds is 2. The molecule has 0 atom stereocenters. The summed E-state index contributed by atoms with van der Waals surface area (Å²) in [5.41, 5.74) is 0.509. The minimum atomic E-state index is 0.289. The second-order valence-electron chi connectivity index (χ2n) is 3.43. The van der Waals surface area contributed by atoms with Gasteiger partial charge in [0.15, 0.2) is 0 Å². The molecule has 2 heterocycles. The van der Waals surface area contributed by atoms with Gasteiger partial charge in [0, 0.05) is 25.0 Å². The molecule has 1 spiro atoms. The standard InChI is InChI=1S/C7H13NO2/c9-2-1-8-3-7(4-8)5-10-6-7/h9H,1-6H2. The zero-order valence-corrected chi connectivity index (χ0v) is 6.05. The molecule has 2 saturated heterocycles. The highest BCUT2D eigenvalue weighted by atomic mass is 16.5. The second kappa shape index (κ2) is 2.19. The molecular weight excluding hydrogens is 130 g/mol. The predicted molar refractivity (Wildman–Crippen MR) is 36.8 cm³/mol. The summed E-state index contributed by atoms with van der Waals surface area (Å²) in [6.07, 6.45) is 0. The number of aliphatic hydroxyl groups is 1. The Labute approximate surface area is 60.6 Å². The predicted octanol–water partition coefficient (Wildman–Crippen LogP) is -0.689. The van der Waals surface area contributed by atoms with Crippen molar-refractivity contribution in [2.45, 2.75) is 0 Å². The number of nitrogens with zero attached hydrogens (tertiary/aromatic N) is 1. The van der Waals surface area contributed by atoms with Crippen molar-refractivity contribution in [3.63, 3.8) is 0 Å². The van der Waals surface area contributed by atoms with Crippen molar-refractivity contribution in [1.29, 1.82) is 0 Å². The van der Waals surface area contributed by atoms with Crippen molar-refractivity contribution in [2.75, 3.05) is 39.5 Å². The highest BCUT2D eigenvalue weighted by molar-refractivity contribution is 4.99. The molecule has 0 aromatic heterocycles. The number of ether oxygens (including phenoxy) is 1. The van der Waals surface area contributed by atoms with Gasteiger partial charge >= 0.3 is 0 Å². The van der Waals surface area contributed by atoms with Crippen LogP contribution < -0.4 is 0 Å². The van der Waals surface area contributed by atoms with E-state index in [-0.39, 0.29) is 6.61 Å². The van der Waals surface area contributed by atoms with Crippen LogP contribution >= 0.6 is 0 Å². The summed E-state index contributed by atoms with van der Waals surface area (Å²) in [4.78, 5) is 2.27. The minimum Gasteiger partial charge on any atom is -0.395 e. The summed E-state index contributed by atoms with van der Waals surface area (Å²) in [6, 6.07) is 0. The number of hydrogen-bond acceptors (Lipinski definition) is 3. The molecule has 0 saturated carbocycles. The molecule has 0 radical (unpaired) electrons. The van der Waals surface area contributed by atoms with E-state index in [1.54, 1.807) is 0 Å². The van der Waals surface area contributed by atoms with E-state index in [1.807, 2.05) is 0 Å². The first-order valence-electron chi connectivity index (χ1n) is 3.76. The van der Waals surface area contributed by atoms with Crippen LogP contribution in [0.1, 0.15) is 0 Å². The molecule has 0 aromatic carbocycles. The first-order valence-corrected chi connectivity index (χ1v) is 3.76. The molecule has 0 unspecified atom stereocenters. The van der Waals surface area contributed by atoms with Crippen molar-refractivity contribution in [1.82, 2.24) is 4.90 Å². The topological polar surface area (TPSA) is 32.7 Å². The van der Waals surface area contributed by atoms with Gasteiger partial charge in [-0.25, -0.2) is 0 Å². The van der Waals surface area contributed by atoms with Crippen LogP contribution in [-0.4, -0.2) is 49.5 Å². The molecule has 3 nitrogen and oxygen atoms in total. The fourth-order valence-corrected chi connectivity index (χ4v) is 1.78. The van der Waals surface area contributed by atoms with Gasteiger partial charge in [0.25, 0.3) is 0 Å². The number of β-amino-alcohol motifs (C(OH)–C–C–N with tert-alkyl or cyclic N) is 1. The van der Waals surface area contributed by atoms with Crippen LogP contribution in [0.3, 0.4) is 0 Å². The van der Waals surface area contributed by atoms with Crippen LogP contribution in [-0.2, 0) is 4.74 Å². The van der Waals surface area contributed by atoms with E-state index in [9.17, 15) is 0 Å². The van der Waals surface area contributed by atoms with Crippen LogP contribution in [0.4, 0.5) is 0 Å². The molecule has 10 heavy (non-hydrogen) atoms. The third-order valence-corrected chi connectivity index (χ3v) is 2.35. The van der Waals surface area contributed by atoms with Crippen LogP contribution in [0.25, 0.3) is 0 Å². The summed E-state index contributed by atoms with van der Waals surface area (Å²) < 4.78 is 5.12. The van der Waals surface area contributed by atoms with Gasteiger partial charge in [-0.3, -0.25) is 4.90 Å². The molecule has 2 aliphatic heterocycles. The molecular formula is C7H13NO2. The second-order valence-corrected chi connectivity index (χ2v) is 3.43. The maximum Gasteiger partial charge on any atom is 0.0569 e. The lowest BCUT2D eigenvalue weighted by atomic mass is 9.78. The Kier molecular flexibility index (Phi) is 1.44. The summed E-state index contributed by atoms with van der Waals surface area (Å²) in [5, 5.41) is 8.59. The molecule has 2 fully saturated rings. The third-order valence-electron chi connectivity index (χ3n) is 2.35. The van der Waals surface area contributed by atoms with Gasteiger partial charge in [0.2, 0.25) is 0 Å². The lowest BCUT2D eigenvalue weighted by Gasteiger charge is -2.55. The summed E-state index contributed by atoms with van der Waals surface area (Å²) in [6.45, 7) is 5.27. The third kappa shape index (κ3) is 0.856. The Morgan fingerprint density at radius 3 is 2.50 bits per heavy atom. The van der Waals surface area contributed by atoms with E-state index >= 15 is 0 Å². The molecule has 58 valence electrons. The van der Waals surface area contributed by atoms with Crippen molar-refractivity contribution in [3.8, 4) is 0 Å². The number of aliphatic hydroxyl groups excluding tert-OH is 1. The van der Waals surface area contributed by atoms with Gasteiger partial charge in [-0.15, -0.1) is 0 Å². The van der Waals surface area contributed by atoms with Gasteiger partial charge in [-0.05, 0) is 0 Å². The number of likely N-dealkylation sites (tertiary alicyclic amines) is 1. The van der Waals surface area contributed by atoms with Crippen LogP contribution in [0.5, 0.6) is 0 Å². The van der Waals surface area contributed by atoms with Crippen LogP contribution in [0, 0.1) is 5.41 Å². The van der Waals surface area contributed by atoms with Crippen molar-refractivity contribution in [2.24, 2.45) is 5.41 Å². The summed E-state index contributed by atoms with van der Waals surface area (Å²) in [7, 11) is 0. The van der Waals surface area contributed by atoms with Crippen LogP contribution in [0.15, 0.2) is 0 Å². The van der Waals surface area contributed by atoms with E-state index < -0.39 is 0 Å². The van der Waals surface area contributed by atoms with Gasteiger partial charge in [0.1, 0.15) is 0 Å². The largest absolute Gasteiger partial charge is 0.395 e. The van der Waals surface area contributed by atoms with E-state index in [1.165, 1.54) is 0 Å². The smallest absolute Gasteiger partial charge is 0.0569 e. The lowest BCUT2D eigenvalue weighted by Crippen LogP contribution is -2.66. The Bertz CT molecular complexity index is 126. The highest BCUT2D eigenvalue weighted by Crippen LogP contribution is 2.36. The first kappa shape index (κ1) is 6.58. The van der Waals surface area contributed by atoms with Gasteiger partial charge < -0.3 is 9.84 Å². The Morgan fingerprint density at radius 1 is 1.40 bits per heavy atom. The molecule has 1 N–H and O–H groups in total. The SMILES string of the molecule is OCCN1CC2(COC2)C1. The normalized spacial score (nSPS) is 29.7. The van der Waals surface area contributed by atoms with Crippen molar-refractivity contribution < 1.29 is 9.84 Å². The van der Waals surface area contributed by atoms with E-state index in [0.29, 0.717) is 5.41 Å². The molecule has 0 aliphatic carbocycles. The summed E-state index contributed by atoms with van der Waals surface area (Å²) in [5.74, 6) is 0. The zero-order chi connectivity index (χ0) is 7.03. The van der Waals surface area contributed by atoms with Crippen molar-refractivity contribution in [3.05, 3.63) is 0 Å². The maximum absolute atomic E-state index is 8.59. The quantitative estimate of drug-likeness (QED) is 0.555. The first-order chi connectivity index (χ1) is 4.85. The molecule has 0 aromatic rings. The van der Waals surface area contributed by atoms with Gasteiger partial charge in [0.05, 0.1) is 19.8 Å². The van der Waals surface area contributed by atoms with E-state index in [2.05, 4.69) is 4.90 Å². The number of hydrogen-bond donors (Lipinski definition) is 1. The van der Waals surface area contributed by atoms with E-state index in [4.69, 9.17) is 9.84 Å². The highest BCUT2D eigenvalue weighted by Gasteiger charge is 2.48. The molecule has 2 rings (SSSR count). The molecule has 0 amide bonds. The van der Waals surface area contributed by atoms with Gasteiger partial charge in [-0.1, -0.05) is 0 Å². The fraction of sp³-hybridized carbons (Fsp3) is 1.00. The maximum atomic E-state index is 8.59. The molecule has 3 heteroatoms. The monoisotopic (exact) mass is 143 g/mol. The zero-order valence-electron chi connectivity index (χ0n) is 6.05. The minimum absolute atomic E-state index is 0.289. The Hall–Kier alpha value is -0.120. The van der Waals surface area contributed by atoms with Crippen LogP contribution in [0.2, 0.25) is 0 Å². The van der Waals surface area contributed by atoms with Gasteiger partial charge in [-0.2, -0.15) is 0 Å². The average molecular weight is 143 g/mol. The Morgan fingerprint density at radius 2 is 2.10 bits per heavy atom. The van der Waals surface area contributed by atoms with E-state index in [0.717, 1.165) is 32.8 Å². The van der Waals surface area contributed by atoms with Crippen molar-refractivity contribution >= 4 is 0 Å².